The molecule has 4 nitrogen and oxygen atoms in total. The molecule has 0 spiro atoms. The number of nitrogens with zero attached hydrogens (tertiary/aromatic N) is 2. The van der Waals surface area contributed by atoms with Gasteiger partial charge in [0.25, 0.3) is 0 Å². The van der Waals surface area contributed by atoms with Crippen LogP contribution in [0, 0.1) is 11.3 Å². The molecule has 66 valence electrons. The number of esters is 1. The Balaban J connectivity index is 3.11. The molecule has 0 saturated carbocycles. The van der Waals surface area contributed by atoms with Crippen molar-refractivity contribution < 1.29 is 9.53 Å². The summed E-state index contributed by atoms with van der Waals surface area (Å²) in [6, 6.07) is 3.13. The molecule has 0 unspecified atom stereocenters. The topological polar surface area (TPSA) is 63.0 Å². The lowest BCUT2D eigenvalue weighted by atomic mass is 10.2. The van der Waals surface area contributed by atoms with Crippen LogP contribution in [-0.4, -0.2) is 18.1 Å². The summed E-state index contributed by atoms with van der Waals surface area (Å²) in [6.07, 6.45) is 1.23. The molecule has 0 aliphatic carbocycles. The number of rotatable bonds is 1. The fourth-order valence-corrected chi connectivity index (χ4v) is 0.924. The Kier molecular flexibility index (Phi) is 2.83. The number of carbonyl (C=O) groups is 1. The largest absolute Gasteiger partial charge is 0.464 e. The van der Waals surface area contributed by atoms with Gasteiger partial charge in [-0.1, -0.05) is 11.6 Å². The monoisotopic (exact) mass is 196 g/mol. The molecule has 5 heteroatoms. The highest BCUT2D eigenvalue weighted by molar-refractivity contribution is 6.31. The molecule has 0 aliphatic heterocycles. The van der Waals surface area contributed by atoms with E-state index in [1.807, 2.05) is 6.07 Å². The average Bonchev–Trinajstić information content (AvgIpc) is 2.16. The predicted molar refractivity (Wildman–Crippen MR) is 45.3 cm³/mol. The third kappa shape index (κ3) is 1.95. The van der Waals surface area contributed by atoms with Crippen LogP contribution in [0.5, 0.6) is 0 Å². The molecule has 1 heterocycles. The van der Waals surface area contributed by atoms with Gasteiger partial charge in [-0.2, -0.15) is 5.26 Å². The van der Waals surface area contributed by atoms with Gasteiger partial charge in [0.15, 0.2) is 0 Å². The van der Waals surface area contributed by atoms with Gasteiger partial charge in [-0.15, -0.1) is 0 Å². The first kappa shape index (κ1) is 9.49. The zero-order chi connectivity index (χ0) is 9.84. The molecule has 0 aliphatic rings. The van der Waals surface area contributed by atoms with Gasteiger partial charge >= 0.3 is 5.97 Å². The third-order valence-corrected chi connectivity index (χ3v) is 1.68. The van der Waals surface area contributed by atoms with E-state index in [1.54, 1.807) is 0 Å². The molecule has 13 heavy (non-hydrogen) atoms. The van der Waals surface area contributed by atoms with Crippen LogP contribution in [0.15, 0.2) is 12.3 Å². The molecule has 0 aromatic carbocycles. The minimum absolute atomic E-state index is 0.0894. The summed E-state index contributed by atoms with van der Waals surface area (Å²) >= 11 is 5.66. The SMILES string of the molecule is COC(=O)c1cc(Cl)c(C#N)cn1. The smallest absolute Gasteiger partial charge is 0.356 e. The number of aromatic nitrogens is 1. The van der Waals surface area contributed by atoms with Crippen molar-refractivity contribution in [1.82, 2.24) is 4.98 Å². The Labute approximate surface area is 79.7 Å². The van der Waals surface area contributed by atoms with Gasteiger partial charge in [-0.25, -0.2) is 9.78 Å². The van der Waals surface area contributed by atoms with Crippen molar-refractivity contribution in [3.05, 3.63) is 28.5 Å². The average molecular weight is 197 g/mol. The Bertz CT molecular complexity index is 384. The molecule has 0 N–H and O–H groups in total. The number of ether oxygens (including phenoxy) is 1. The summed E-state index contributed by atoms with van der Waals surface area (Å²) in [5.41, 5.74) is 0.320. The van der Waals surface area contributed by atoms with Gasteiger partial charge in [-0.05, 0) is 6.07 Å². The van der Waals surface area contributed by atoms with Gasteiger partial charge in [-0.3, -0.25) is 0 Å². The van der Waals surface area contributed by atoms with Crippen molar-refractivity contribution in [2.45, 2.75) is 0 Å². The van der Waals surface area contributed by atoms with Crippen molar-refractivity contribution in [2.24, 2.45) is 0 Å². The normalized spacial score (nSPS) is 9.00. The fourth-order valence-electron chi connectivity index (χ4n) is 0.729. The van der Waals surface area contributed by atoms with Crippen LogP contribution in [-0.2, 0) is 4.74 Å². The Morgan fingerprint density at radius 2 is 2.46 bits per heavy atom. The summed E-state index contributed by atoms with van der Waals surface area (Å²) in [5, 5.41) is 8.71. The fraction of sp³-hybridized carbons (Fsp3) is 0.125. The maximum Gasteiger partial charge on any atom is 0.356 e. The highest BCUT2D eigenvalue weighted by atomic mass is 35.5. The van der Waals surface area contributed by atoms with Crippen LogP contribution in [0.2, 0.25) is 5.02 Å². The van der Waals surface area contributed by atoms with Crippen LogP contribution >= 0.6 is 11.6 Å². The van der Waals surface area contributed by atoms with Crippen LogP contribution in [0.4, 0.5) is 0 Å². The first-order valence-electron chi connectivity index (χ1n) is 3.33. The second-order valence-corrected chi connectivity index (χ2v) is 2.56. The van der Waals surface area contributed by atoms with Gasteiger partial charge in [0.05, 0.1) is 17.7 Å². The molecular weight excluding hydrogens is 192 g/mol. The quantitative estimate of drug-likeness (QED) is 0.637. The second kappa shape index (κ2) is 3.87. The van der Waals surface area contributed by atoms with E-state index in [4.69, 9.17) is 16.9 Å². The van der Waals surface area contributed by atoms with E-state index in [2.05, 4.69) is 9.72 Å². The number of halogens is 1. The van der Waals surface area contributed by atoms with Crippen molar-refractivity contribution in [3.63, 3.8) is 0 Å². The van der Waals surface area contributed by atoms with Gasteiger partial charge in [0.2, 0.25) is 0 Å². The molecule has 0 saturated heterocycles. The predicted octanol–water partition coefficient (Wildman–Crippen LogP) is 1.39. The highest BCUT2D eigenvalue weighted by Gasteiger charge is 2.09. The van der Waals surface area contributed by atoms with E-state index in [9.17, 15) is 4.79 Å². The van der Waals surface area contributed by atoms with Crippen molar-refractivity contribution in [3.8, 4) is 6.07 Å². The minimum atomic E-state index is -0.577. The Morgan fingerprint density at radius 1 is 1.77 bits per heavy atom. The maximum atomic E-state index is 10.9. The molecule has 1 aromatic heterocycles. The lowest BCUT2D eigenvalue weighted by molar-refractivity contribution is 0.0594. The summed E-state index contributed by atoms with van der Waals surface area (Å²) in [4.78, 5) is 14.6. The molecule has 1 aromatic rings. The van der Waals surface area contributed by atoms with Gasteiger partial charge in [0.1, 0.15) is 11.8 Å². The number of hydrogen-bond acceptors (Lipinski definition) is 4. The number of carbonyl (C=O) groups excluding carboxylic acids is 1. The van der Waals surface area contributed by atoms with Gasteiger partial charge in [0, 0.05) is 6.20 Å². The van der Waals surface area contributed by atoms with E-state index >= 15 is 0 Å². The van der Waals surface area contributed by atoms with Crippen molar-refractivity contribution >= 4 is 17.6 Å². The zero-order valence-electron chi connectivity index (χ0n) is 6.74. The number of pyridine rings is 1. The molecule has 0 amide bonds. The lowest BCUT2D eigenvalue weighted by Crippen LogP contribution is -2.04. The number of hydrogen-bond donors (Lipinski definition) is 0. The summed E-state index contributed by atoms with van der Waals surface area (Å²) < 4.78 is 4.42. The molecule has 0 radical (unpaired) electrons. The van der Waals surface area contributed by atoms with E-state index < -0.39 is 5.97 Å². The van der Waals surface area contributed by atoms with Crippen LogP contribution in [0.3, 0.4) is 0 Å². The maximum absolute atomic E-state index is 10.9. The first-order valence-corrected chi connectivity index (χ1v) is 3.70. The Morgan fingerprint density at radius 3 is 2.92 bits per heavy atom. The highest BCUT2D eigenvalue weighted by Crippen LogP contribution is 2.14. The zero-order valence-corrected chi connectivity index (χ0v) is 7.50. The van der Waals surface area contributed by atoms with Crippen LogP contribution in [0.1, 0.15) is 16.1 Å². The van der Waals surface area contributed by atoms with Crippen LogP contribution < -0.4 is 0 Å². The molecule has 1 rings (SSSR count). The molecule has 0 atom stereocenters. The standard InChI is InChI=1S/C8H5ClN2O2/c1-13-8(12)7-2-6(9)5(3-10)4-11-7/h2,4H,1H3. The lowest BCUT2D eigenvalue weighted by Gasteiger charge is -1.98. The summed E-state index contributed by atoms with van der Waals surface area (Å²) in [6.45, 7) is 0. The summed E-state index contributed by atoms with van der Waals surface area (Å²) in [7, 11) is 1.25. The number of nitriles is 1. The van der Waals surface area contributed by atoms with Crippen molar-refractivity contribution in [1.29, 1.82) is 5.26 Å². The van der Waals surface area contributed by atoms with E-state index in [1.165, 1.54) is 19.4 Å². The number of methoxy groups -OCH3 is 1. The van der Waals surface area contributed by atoms with E-state index in [0.717, 1.165) is 0 Å². The molecule has 0 fully saturated rings. The third-order valence-electron chi connectivity index (χ3n) is 1.37. The second-order valence-electron chi connectivity index (χ2n) is 2.15. The minimum Gasteiger partial charge on any atom is -0.464 e. The van der Waals surface area contributed by atoms with E-state index in [0.29, 0.717) is 0 Å². The molecule has 0 bridgehead atoms. The molecular formula is C8H5ClN2O2. The Hall–Kier alpha value is -1.60. The first-order chi connectivity index (χ1) is 6.19. The summed E-state index contributed by atoms with van der Waals surface area (Å²) in [5.74, 6) is -0.577. The van der Waals surface area contributed by atoms with E-state index in [-0.39, 0.29) is 16.3 Å². The van der Waals surface area contributed by atoms with Crippen molar-refractivity contribution in [2.75, 3.05) is 7.11 Å². The van der Waals surface area contributed by atoms with Gasteiger partial charge < -0.3 is 4.74 Å². The van der Waals surface area contributed by atoms with Crippen LogP contribution in [0.25, 0.3) is 0 Å².